The van der Waals surface area contributed by atoms with Gasteiger partial charge in [0.2, 0.25) is 0 Å². The number of hydrogen-bond acceptors (Lipinski definition) is 4. The highest BCUT2D eigenvalue weighted by molar-refractivity contribution is 5.83. The Bertz CT molecular complexity index is 491. The van der Waals surface area contributed by atoms with Crippen molar-refractivity contribution in [3.05, 3.63) is 12.7 Å². The average Bonchev–Trinajstić information content (AvgIpc) is 2.33. The molecular weight excluding hydrogens is 268 g/mol. The summed E-state index contributed by atoms with van der Waals surface area (Å²) in [5, 5.41) is 0. The molecule has 0 heterocycles. The lowest BCUT2D eigenvalue weighted by Gasteiger charge is -2.66. The summed E-state index contributed by atoms with van der Waals surface area (Å²) in [6, 6.07) is 0. The number of methoxy groups -OCH3 is 1. The molecule has 21 heavy (non-hydrogen) atoms. The second-order valence-electron chi connectivity index (χ2n) is 8.01. The van der Waals surface area contributed by atoms with E-state index >= 15 is 0 Å². The SMILES string of the molecule is C=CC(=O)OC12CC3(C)CC(CC(C)(C3)C1)C2C(=O)OC. The summed E-state index contributed by atoms with van der Waals surface area (Å²) in [5.74, 6) is -0.741. The predicted molar refractivity (Wildman–Crippen MR) is 77.3 cm³/mol. The molecule has 4 rings (SSSR count). The predicted octanol–water partition coefficient (Wildman–Crippen LogP) is 2.86. The van der Waals surface area contributed by atoms with Crippen LogP contribution in [0.4, 0.5) is 0 Å². The van der Waals surface area contributed by atoms with Gasteiger partial charge >= 0.3 is 11.9 Å². The van der Waals surface area contributed by atoms with E-state index < -0.39 is 11.6 Å². The summed E-state index contributed by atoms with van der Waals surface area (Å²) in [4.78, 5) is 24.2. The first-order valence-electron chi connectivity index (χ1n) is 7.68. The summed E-state index contributed by atoms with van der Waals surface area (Å²) in [6.45, 7) is 8.02. The third-order valence-corrected chi connectivity index (χ3v) is 5.78. The Balaban J connectivity index is 2.04. The minimum Gasteiger partial charge on any atom is -0.469 e. The molecule has 0 amide bonds. The van der Waals surface area contributed by atoms with E-state index in [4.69, 9.17) is 9.47 Å². The van der Waals surface area contributed by atoms with Gasteiger partial charge in [-0.15, -0.1) is 0 Å². The zero-order valence-corrected chi connectivity index (χ0v) is 13.1. The number of ether oxygens (including phenoxy) is 2. The second kappa shape index (κ2) is 4.34. The number of hydrogen-bond donors (Lipinski definition) is 0. The van der Waals surface area contributed by atoms with Crippen molar-refractivity contribution in [2.24, 2.45) is 22.7 Å². The molecule has 0 aromatic heterocycles. The van der Waals surface area contributed by atoms with Gasteiger partial charge in [-0.1, -0.05) is 20.4 Å². The molecule has 3 unspecified atom stereocenters. The van der Waals surface area contributed by atoms with Gasteiger partial charge in [-0.3, -0.25) is 4.79 Å². The van der Waals surface area contributed by atoms with E-state index in [9.17, 15) is 9.59 Å². The Kier molecular flexibility index (Phi) is 3.02. The van der Waals surface area contributed by atoms with E-state index in [0.717, 1.165) is 32.1 Å². The van der Waals surface area contributed by atoms with E-state index in [2.05, 4.69) is 20.4 Å². The van der Waals surface area contributed by atoms with Gasteiger partial charge in [-0.2, -0.15) is 0 Å². The molecule has 0 aromatic carbocycles. The van der Waals surface area contributed by atoms with Gasteiger partial charge in [0.15, 0.2) is 0 Å². The smallest absolute Gasteiger partial charge is 0.330 e. The second-order valence-corrected chi connectivity index (χ2v) is 8.01. The monoisotopic (exact) mass is 292 g/mol. The van der Waals surface area contributed by atoms with Crippen LogP contribution in [0.3, 0.4) is 0 Å². The Labute approximate surface area is 125 Å². The van der Waals surface area contributed by atoms with Gasteiger partial charge in [0, 0.05) is 6.08 Å². The van der Waals surface area contributed by atoms with E-state index in [-0.39, 0.29) is 28.6 Å². The van der Waals surface area contributed by atoms with Crippen molar-refractivity contribution in [1.29, 1.82) is 0 Å². The van der Waals surface area contributed by atoms with Gasteiger partial charge in [0.25, 0.3) is 0 Å². The molecule has 4 heteroatoms. The van der Waals surface area contributed by atoms with Crippen LogP contribution in [0.5, 0.6) is 0 Å². The molecule has 0 N–H and O–H groups in total. The van der Waals surface area contributed by atoms with Crippen molar-refractivity contribution in [3.8, 4) is 0 Å². The number of carbonyl (C=O) groups excluding carboxylic acids is 2. The highest BCUT2D eigenvalue weighted by atomic mass is 16.6. The molecular formula is C17H24O4. The third kappa shape index (κ3) is 2.11. The van der Waals surface area contributed by atoms with Crippen molar-refractivity contribution < 1.29 is 19.1 Å². The molecule has 4 saturated carbocycles. The summed E-state index contributed by atoms with van der Waals surface area (Å²) in [5.41, 5.74) is -0.398. The Morgan fingerprint density at radius 1 is 1.14 bits per heavy atom. The van der Waals surface area contributed by atoms with Crippen LogP contribution in [0.1, 0.15) is 46.0 Å². The number of esters is 2. The van der Waals surface area contributed by atoms with Crippen molar-refractivity contribution in [2.75, 3.05) is 7.11 Å². The molecule has 116 valence electrons. The summed E-state index contributed by atoms with van der Waals surface area (Å²) in [7, 11) is 1.42. The highest BCUT2D eigenvalue weighted by Crippen LogP contribution is 2.69. The maximum absolute atomic E-state index is 12.3. The summed E-state index contributed by atoms with van der Waals surface area (Å²) in [6.07, 6.45) is 5.90. The Morgan fingerprint density at radius 3 is 2.19 bits per heavy atom. The first kappa shape index (κ1) is 14.6. The molecule has 4 aliphatic carbocycles. The molecule has 0 aliphatic heterocycles. The molecule has 4 nitrogen and oxygen atoms in total. The first-order valence-corrected chi connectivity index (χ1v) is 7.68. The van der Waals surface area contributed by atoms with Crippen molar-refractivity contribution in [1.82, 2.24) is 0 Å². The van der Waals surface area contributed by atoms with Crippen LogP contribution in [-0.4, -0.2) is 24.6 Å². The molecule has 0 saturated heterocycles. The zero-order chi connectivity index (χ0) is 15.5. The fraction of sp³-hybridized carbons (Fsp3) is 0.765. The van der Waals surface area contributed by atoms with Crippen LogP contribution in [-0.2, 0) is 19.1 Å². The van der Waals surface area contributed by atoms with Crippen LogP contribution in [0.2, 0.25) is 0 Å². The van der Waals surface area contributed by atoms with Crippen LogP contribution < -0.4 is 0 Å². The van der Waals surface area contributed by atoms with Crippen molar-refractivity contribution >= 4 is 11.9 Å². The molecule has 3 atom stereocenters. The molecule has 4 bridgehead atoms. The lowest BCUT2D eigenvalue weighted by molar-refractivity contribution is -0.243. The van der Waals surface area contributed by atoms with E-state index in [0.29, 0.717) is 0 Å². The maximum Gasteiger partial charge on any atom is 0.330 e. The fourth-order valence-electron chi connectivity index (χ4n) is 6.09. The minimum atomic E-state index is -0.707. The molecule has 0 spiro atoms. The Hall–Kier alpha value is -1.32. The quantitative estimate of drug-likeness (QED) is 0.593. The van der Waals surface area contributed by atoms with Crippen LogP contribution in [0, 0.1) is 22.7 Å². The van der Waals surface area contributed by atoms with E-state index in [1.807, 2.05) is 0 Å². The van der Waals surface area contributed by atoms with Gasteiger partial charge < -0.3 is 9.47 Å². The fourth-order valence-corrected chi connectivity index (χ4v) is 6.09. The number of rotatable bonds is 3. The van der Waals surface area contributed by atoms with Crippen LogP contribution in [0.15, 0.2) is 12.7 Å². The maximum atomic E-state index is 12.3. The normalized spacial score (nSPS) is 47.0. The summed E-state index contributed by atoms with van der Waals surface area (Å²) < 4.78 is 10.8. The molecule has 0 radical (unpaired) electrons. The topological polar surface area (TPSA) is 52.6 Å². The molecule has 4 fully saturated rings. The molecule has 0 aromatic rings. The van der Waals surface area contributed by atoms with Gasteiger partial charge in [0.1, 0.15) is 5.60 Å². The summed E-state index contributed by atoms with van der Waals surface area (Å²) >= 11 is 0. The van der Waals surface area contributed by atoms with Crippen LogP contribution >= 0.6 is 0 Å². The zero-order valence-electron chi connectivity index (χ0n) is 13.1. The van der Waals surface area contributed by atoms with Gasteiger partial charge in [-0.25, -0.2) is 4.79 Å². The largest absolute Gasteiger partial charge is 0.469 e. The third-order valence-electron chi connectivity index (χ3n) is 5.78. The van der Waals surface area contributed by atoms with E-state index in [1.54, 1.807) is 0 Å². The van der Waals surface area contributed by atoms with Gasteiger partial charge in [0.05, 0.1) is 13.0 Å². The number of carbonyl (C=O) groups is 2. The average molecular weight is 292 g/mol. The minimum absolute atomic E-state index is 0.155. The molecule has 4 aliphatic rings. The van der Waals surface area contributed by atoms with Gasteiger partial charge in [-0.05, 0) is 48.9 Å². The lowest BCUT2D eigenvalue weighted by atomic mass is 9.40. The van der Waals surface area contributed by atoms with Crippen LogP contribution in [0.25, 0.3) is 0 Å². The lowest BCUT2D eigenvalue weighted by Crippen LogP contribution is -2.66. The first-order chi connectivity index (χ1) is 9.75. The Morgan fingerprint density at radius 2 is 1.71 bits per heavy atom. The van der Waals surface area contributed by atoms with E-state index in [1.165, 1.54) is 13.2 Å². The van der Waals surface area contributed by atoms with Crippen molar-refractivity contribution in [3.63, 3.8) is 0 Å². The highest BCUT2D eigenvalue weighted by Gasteiger charge is 2.68. The van der Waals surface area contributed by atoms with Crippen molar-refractivity contribution in [2.45, 2.75) is 51.6 Å². The standard InChI is InChI=1S/C17H24O4/c1-5-12(18)21-17-9-15(2)6-11(13(17)14(19)20-4)7-16(3,8-15)10-17/h5,11,13H,1,6-10H2,2-4H3.